The Morgan fingerprint density at radius 1 is 1.27 bits per heavy atom. The molecule has 0 bridgehead atoms. The van der Waals surface area contributed by atoms with Crippen LogP contribution in [0.4, 0.5) is 5.69 Å². The van der Waals surface area contributed by atoms with Crippen LogP contribution in [0.25, 0.3) is 0 Å². The third kappa shape index (κ3) is 1.51. The molecular weight excluding hydrogens is 206 g/mol. The number of nitrogens with zero attached hydrogens (tertiary/aromatic N) is 1. The van der Waals surface area contributed by atoms with E-state index in [0.717, 1.165) is 0 Å². The van der Waals surface area contributed by atoms with Crippen LogP contribution in [0, 0.1) is 0 Å². The average molecular weight is 222 g/mol. The monoisotopic (exact) mass is 221 g/mol. The standard InChI is InChI=1S/C13H16N.ClH/c1-5-12-13(2,3)10-8-6-7-9-11(10)14(12)4;/h5-9H,1H2,2-4H3;1H/q+1;/p-1. The van der Waals surface area contributed by atoms with E-state index in [1.807, 2.05) is 6.08 Å². The van der Waals surface area contributed by atoms with E-state index in [9.17, 15) is 0 Å². The van der Waals surface area contributed by atoms with Crippen molar-refractivity contribution in [3.63, 3.8) is 0 Å². The maximum absolute atomic E-state index is 3.89. The van der Waals surface area contributed by atoms with Gasteiger partial charge in [-0.25, -0.2) is 0 Å². The van der Waals surface area contributed by atoms with Gasteiger partial charge in [0.2, 0.25) is 5.69 Å². The molecule has 0 aromatic heterocycles. The first kappa shape index (κ1) is 12.0. The van der Waals surface area contributed by atoms with Crippen LogP contribution in [-0.4, -0.2) is 17.3 Å². The highest BCUT2D eigenvalue weighted by Gasteiger charge is 2.42. The number of hydrogen-bond acceptors (Lipinski definition) is 0. The Morgan fingerprint density at radius 2 is 1.87 bits per heavy atom. The van der Waals surface area contributed by atoms with E-state index in [4.69, 9.17) is 0 Å². The van der Waals surface area contributed by atoms with Crippen LogP contribution in [-0.2, 0) is 5.41 Å². The fraction of sp³-hybridized carbons (Fsp3) is 0.308. The van der Waals surface area contributed by atoms with Gasteiger partial charge in [0.1, 0.15) is 7.05 Å². The average Bonchev–Trinajstić information content (AvgIpc) is 2.36. The second-order valence-electron chi connectivity index (χ2n) is 4.29. The van der Waals surface area contributed by atoms with E-state index in [1.165, 1.54) is 17.0 Å². The van der Waals surface area contributed by atoms with Crippen molar-refractivity contribution in [3.8, 4) is 0 Å². The molecule has 0 saturated heterocycles. The van der Waals surface area contributed by atoms with E-state index >= 15 is 0 Å². The number of halogens is 1. The first-order valence-corrected chi connectivity index (χ1v) is 4.92. The van der Waals surface area contributed by atoms with Crippen LogP contribution < -0.4 is 12.4 Å². The van der Waals surface area contributed by atoms with Gasteiger partial charge < -0.3 is 12.4 Å². The molecule has 0 fully saturated rings. The van der Waals surface area contributed by atoms with Gasteiger partial charge in [0.25, 0.3) is 0 Å². The van der Waals surface area contributed by atoms with Crippen LogP contribution in [0.5, 0.6) is 0 Å². The van der Waals surface area contributed by atoms with Crippen molar-refractivity contribution in [1.29, 1.82) is 0 Å². The van der Waals surface area contributed by atoms with Crippen LogP contribution in [0.2, 0.25) is 0 Å². The van der Waals surface area contributed by atoms with Gasteiger partial charge in [-0.1, -0.05) is 24.8 Å². The van der Waals surface area contributed by atoms with Crippen LogP contribution >= 0.6 is 0 Å². The number of rotatable bonds is 1. The fourth-order valence-corrected chi connectivity index (χ4v) is 2.37. The number of allylic oxidation sites excluding steroid dienone is 1. The first-order chi connectivity index (χ1) is 6.59. The molecule has 80 valence electrons. The molecule has 0 N–H and O–H groups in total. The minimum absolute atomic E-state index is 0. The maximum Gasteiger partial charge on any atom is 0.209 e. The number of hydrogen-bond donors (Lipinski definition) is 0. The van der Waals surface area contributed by atoms with Gasteiger partial charge in [-0.3, -0.25) is 0 Å². The summed E-state index contributed by atoms with van der Waals surface area (Å²) in [4.78, 5) is 0. The molecule has 1 heterocycles. The normalized spacial score (nSPS) is 17.0. The lowest BCUT2D eigenvalue weighted by Crippen LogP contribution is -3.00. The lowest BCUT2D eigenvalue weighted by Gasteiger charge is -2.14. The summed E-state index contributed by atoms with van der Waals surface area (Å²) in [7, 11) is 2.10. The van der Waals surface area contributed by atoms with Gasteiger partial charge >= 0.3 is 0 Å². The molecule has 0 unspecified atom stereocenters. The number of para-hydroxylation sites is 1. The highest BCUT2D eigenvalue weighted by molar-refractivity contribution is 6.02. The van der Waals surface area contributed by atoms with Gasteiger partial charge in [-0.05, 0) is 19.9 Å². The van der Waals surface area contributed by atoms with Crippen molar-refractivity contribution >= 4 is 11.4 Å². The van der Waals surface area contributed by atoms with Gasteiger partial charge in [0, 0.05) is 11.6 Å². The molecule has 0 saturated carbocycles. The Kier molecular flexibility index (Phi) is 3.05. The predicted molar refractivity (Wildman–Crippen MR) is 60.5 cm³/mol. The number of fused-ring (bicyclic) bond motifs is 1. The third-order valence-electron chi connectivity index (χ3n) is 3.13. The molecule has 15 heavy (non-hydrogen) atoms. The van der Waals surface area contributed by atoms with E-state index in [-0.39, 0.29) is 17.8 Å². The summed E-state index contributed by atoms with van der Waals surface area (Å²) in [6.45, 7) is 8.38. The van der Waals surface area contributed by atoms with Crippen LogP contribution in [0.3, 0.4) is 0 Å². The fourth-order valence-electron chi connectivity index (χ4n) is 2.37. The zero-order valence-electron chi connectivity index (χ0n) is 9.42. The Hall–Kier alpha value is -1.08. The molecule has 2 rings (SSSR count). The zero-order chi connectivity index (χ0) is 10.3. The van der Waals surface area contributed by atoms with Crippen LogP contribution in [0.1, 0.15) is 19.4 Å². The van der Waals surface area contributed by atoms with Gasteiger partial charge in [-0.2, -0.15) is 4.58 Å². The van der Waals surface area contributed by atoms with Crippen molar-refractivity contribution < 1.29 is 17.0 Å². The topological polar surface area (TPSA) is 3.01 Å². The van der Waals surface area contributed by atoms with Crippen molar-refractivity contribution in [2.75, 3.05) is 7.05 Å². The van der Waals surface area contributed by atoms with E-state index < -0.39 is 0 Å². The minimum atomic E-state index is 0. The summed E-state index contributed by atoms with van der Waals surface area (Å²) in [6.07, 6.45) is 1.96. The quantitative estimate of drug-likeness (QED) is 0.582. The highest BCUT2D eigenvalue weighted by Crippen LogP contribution is 2.38. The minimum Gasteiger partial charge on any atom is -1.00 e. The van der Waals surface area contributed by atoms with Crippen molar-refractivity contribution in [3.05, 3.63) is 42.5 Å². The zero-order valence-corrected chi connectivity index (χ0v) is 10.2. The molecule has 1 aromatic rings. The number of benzene rings is 1. The largest absolute Gasteiger partial charge is 1.00 e. The predicted octanol–water partition coefficient (Wildman–Crippen LogP) is -0.117. The molecule has 0 aliphatic carbocycles. The molecule has 1 aliphatic rings. The van der Waals surface area contributed by atoms with Crippen molar-refractivity contribution in [2.24, 2.45) is 0 Å². The molecule has 0 radical (unpaired) electrons. The second-order valence-corrected chi connectivity index (χ2v) is 4.29. The summed E-state index contributed by atoms with van der Waals surface area (Å²) < 4.78 is 2.22. The van der Waals surface area contributed by atoms with Crippen LogP contribution in [0.15, 0.2) is 36.9 Å². The molecule has 1 aliphatic heterocycles. The Bertz CT molecular complexity index is 430. The lowest BCUT2D eigenvalue weighted by atomic mass is 9.82. The van der Waals surface area contributed by atoms with Gasteiger partial charge in [0.15, 0.2) is 5.71 Å². The smallest absolute Gasteiger partial charge is 0.209 e. The summed E-state index contributed by atoms with van der Waals surface area (Å²) in [5, 5.41) is 0. The molecular formula is C13H16ClN. The molecule has 1 aromatic carbocycles. The van der Waals surface area contributed by atoms with E-state index in [1.54, 1.807) is 0 Å². The molecule has 1 nitrogen and oxygen atoms in total. The summed E-state index contributed by atoms with van der Waals surface area (Å²) >= 11 is 0. The first-order valence-electron chi connectivity index (χ1n) is 4.92. The van der Waals surface area contributed by atoms with Gasteiger partial charge in [-0.15, -0.1) is 0 Å². The second kappa shape index (κ2) is 3.82. The SMILES string of the molecule is C=CC1=[N+](C)c2ccccc2C1(C)C.[Cl-]. The summed E-state index contributed by atoms with van der Waals surface area (Å²) in [5.41, 5.74) is 4.05. The maximum atomic E-state index is 3.89. The Morgan fingerprint density at radius 3 is 2.40 bits per heavy atom. The Balaban J connectivity index is 0.00000112. The van der Waals surface area contributed by atoms with E-state index in [2.05, 4.69) is 56.3 Å². The summed E-state index contributed by atoms with van der Waals surface area (Å²) in [6, 6.07) is 8.54. The van der Waals surface area contributed by atoms with Crippen molar-refractivity contribution in [2.45, 2.75) is 19.3 Å². The molecule has 0 amide bonds. The molecule has 0 atom stereocenters. The summed E-state index contributed by atoms with van der Waals surface area (Å²) in [5.74, 6) is 0. The molecule has 2 heteroatoms. The highest BCUT2D eigenvalue weighted by atomic mass is 35.5. The van der Waals surface area contributed by atoms with Gasteiger partial charge in [0.05, 0.1) is 5.41 Å². The lowest BCUT2D eigenvalue weighted by molar-refractivity contribution is -0.401. The Labute approximate surface area is 97.5 Å². The van der Waals surface area contributed by atoms with E-state index in [0.29, 0.717) is 0 Å². The molecule has 0 spiro atoms. The third-order valence-corrected chi connectivity index (χ3v) is 3.13. The van der Waals surface area contributed by atoms with Crippen molar-refractivity contribution in [1.82, 2.24) is 0 Å².